The molecular formula is C17H28N4O2. The Morgan fingerprint density at radius 1 is 1.35 bits per heavy atom. The number of nitrogens with zero attached hydrogens (tertiary/aromatic N) is 4. The van der Waals surface area contributed by atoms with Gasteiger partial charge >= 0.3 is 0 Å². The van der Waals surface area contributed by atoms with E-state index >= 15 is 0 Å². The summed E-state index contributed by atoms with van der Waals surface area (Å²) in [4.78, 5) is 17.3. The van der Waals surface area contributed by atoms with Crippen molar-refractivity contribution in [3.8, 4) is 0 Å². The molecule has 6 nitrogen and oxygen atoms in total. The lowest BCUT2D eigenvalue weighted by atomic mass is 9.99. The number of morpholine rings is 1. The van der Waals surface area contributed by atoms with Crippen molar-refractivity contribution in [3.63, 3.8) is 0 Å². The maximum atomic E-state index is 13.0. The Bertz CT molecular complexity index is 590. The summed E-state index contributed by atoms with van der Waals surface area (Å²) in [5, 5.41) is 4.58. The van der Waals surface area contributed by atoms with Crippen LogP contribution in [-0.4, -0.2) is 70.9 Å². The number of likely N-dealkylation sites (N-methyl/N-ethyl adjacent to an activating group) is 1. The monoisotopic (exact) mass is 320 g/mol. The van der Waals surface area contributed by atoms with Crippen molar-refractivity contribution >= 4 is 5.91 Å². The number of amides is 1. The predicted octanol–water partition coefficient (Wildman–Crippen LogP) is 1.49. The largest absolute Gasteiger partial charge is 0.374 e. The fourth-order valence-electron chi connectivity index (χ4n) is 3.69. The molecule has 1 aromatic heterocycles. The highest BCUT2D eigenvalue weighted by Gasteiger charge is 2.39. The highest BCUT2D eigenvalue weighted by molar-refractivity contribution is 5.92. The summed E-state index contributed by atoms with van der Waals surface area (Å²) in [5.74, 6) is 0.0321. The van der Waals surface area contributed by atoms with E-state index in [1.807, 2.05) is 22.6 Å². The Morgan fingerprint density at radius 3 is 2.74 bits per heavy atom. The number of fused-ring (bicyclic) bond motifs is 1. The standard InChI is InChI=1S/C17H28N4O2/c1-12-10-13(18-21(12)17(2,3)4)16(22)20-8-9-23-15-6-7-19(5)11-14(15)20/h10,14-15H,6-9,11H2,1-5H3/t14-,15+/m1/s1. The average Bonchev–Trinajstić information content (AvgIpc) is 2.88. The van der Waals surface area contributed by atoms with Gasteiger partial charge in [-0.3, -0.25) is 9.48 Å². The van der Waals surface area contributed by atoms with Crippen LogP contribution in [0.3, 0.4) is 0 Å². The zero-order valence-electron chi connectivity index (χ0n) is 14.9. The molecular weight excluding hydrogens is 292 g/mol. The maximum Gasteiger partial charge on any atom is 0.274 e. The van der Waals surface area contributed by atoms with Crippen molar-refractivity contribution in [2.45, 2.75) is 51.8 Å². The van der Waals surface area contributed by atoms with Gasteiger partial charge in [-0.25, -0.2) is 0 Å². The van der Waals surface area contributed by atoms with E-state index in [1.165, 1.54) is 0 Å². The van der Waals surface area contributed by atoms with E-state index in [4.69, 9.17) is 4.74 Å². The molecule has 0 aromatic carbocycles. The number of aromatic nitrogens is 2. The third kappa shape index (κ3) is 3.15. The fraction of sp³-hybridized carbons (Fsp3) is 0.765. The summed E-state index contributed by atoms with van der Waals surface area (Å²) in [6.07, 6.45) is 1.15. The quantitative estimate of drug-likeness (QED) is 0.787. The molecule has 2 saturated heterocycles. The molecule has 23 heavy (non-hydrogen) atoms. The summed E-state index contributed by atoms with van der Waals surface area (Å²) < 4.78 is 7.82. The van der Waals surface area contributed by atoms with Crippen LogP contribution in [0, 0.1) is 6.92 Å². The minimum Gasteiger partial charge on any atom is -0.374 e. The van der Waals surface area contributed by atoms with Gasteiger partial charge in [-0.05, 0) is 47.2 Å². The Kier molecular flexibility index (Phi) is 4.23. The first kappa shape index (κ1) is 16.5. The highest BCUT2D eigenvalue weighted by Crippen LogP contribution is 2.25. The van der Waals surface area contributed by atoms with Crippen LogP contribution in [0.25, 0.3) is 0 Å². The zero-order chi connectivity index (χ0) is 16.8. The topological polar surface area (TPSA) is 50.6 Å². The van der Waals surface area contributed by atoms with Crippen molar-refractivity contribution in [2.75, 3.05) is 33.3 Å². The summed E-state index contributed by atoms with van der Waals surface area (Å²) in [6.45, 7) is 11.5. The second kappa shape index (κ2) is 5.91. The number of carbonyl (C=O) groups excluding carboxylic acids is 1. The molecule has 0 N–H and O–H groups in total. The number of aryl methyl sites for hydroxylation is 1. The van der Waals surface area contributed by atoms with Crippen LogP contribution in [0.5, 0.6) is 0 Å². The first-order valence-electron chi connectivity index (χ1n) is 8.45. The van der Waals surface area contributed by atoms with Crippen LogP contribution in [0.15, 0.2) is 6.07 Å². The molecule has 0 unspecified atom stereocenters. The van der Waals surface area contributed by atoms with Crippen LogP contribution < -0.4 is 0 Å². The molecule has 0 radical (unpaired) electrons. The van der Waals surface area contributed by atoms with E-state index in [-0.39, 0.29) is 23.6 Å². The van der Waals surface area contributed by atoms with Gasteiger partial charge in [0.2, 0.25) is 0 Å². The normalized spacial score (nSPS) is 26.2. The first-order chi connectivity index (χ1) is 10.8. The minimum absolute atomic E-state index is 0.0321. The Balaban J connectivity index is 1.84. The third-order valence-corrected chi connectivity index (χ3v) is 4.79. The van der Waals surface area contributed by atoms with Crippen molar-refractivity contribution in [1.82, 2.24) is 19.6 Å². The SMILES string of the molecule is Cc1cc(C(=O)N2CCO[C@H]3CCN(C)C[C@H]32)nn1C(C)(C)C. The predicted molar refractivity (Wildman–Crippen MR) is 88.6 cm³/mol. The van der Waals surface area contributed by atoms with Crippen LogP contribution in [-0.2, 0) is 10.3 Å². The summed E-state index contributed by atoms with van der Waals surface area (Å²) in [6, 6.07) is 2.04. The smallest absolute Gasteiger partial charge is 0.274 e. The number of carbonyl (C=O) groups is 1. The molecule has 0 aliphatic carbocycles. The Hall–Kier alpha value is -1.40. The lowest BCUT2D eigenvalue weighted by Gasteiger charge is -2.46. The molecule has 0 spiro atoms. The molecule has 2 aliphatic rings. The Morgan fingerprint density at radius 2 is 2.09 bits per heavy atom. The van der Waals surface area contributed by atoms with Crippen LogP contribution >= 0.6 is 0 Å². The van der Waals surface area contributed by atoms with Gasteiger partial charge in [0.05, 0.1) is 24.3 Å². The van der Waals surface area contributed by atoms with Crippen molar-refractivity contribution in [2.24, 2.45) is 0 Å². The Labute approximate surface area is 138 Å². The molecule has 1 amide bonds. The van der Waals surface area contributed by atoms with Gasteiger partial charge in [-0.15, -0.1) is 0 Å². The summed E-state index contributed by atoms with van der Waals surface area (Å²) in [5.41, 5.74) is 1.44. The molecule has 1 aromatic rings. The van der Waals surface area contributed by atoms with Gasteiger partial charge < -0.3 is 14.5 Å². The minimum atomic E-state index is -0.124. The molecule has 2 aliphatic heterocycles. The van der Waals surface area contributed by atoms with E-state index in [0.29, 0.717) is 18.8 Å². The van der Waals surface area contributed by atoms with E-state index in [2.05, 4.69) is 37.8 Å². The molecule has 0 saturated carbocycles. The molecule has 2 atom stereocenters. The van der Waals surface area contributed by atoms with E-state index < -0.39 is 0 Å². The lowest BCUT2D eigenvalue weighted by molar-refractivity contribution is -0.0871. The molecule has 6 heteroatoms. The van der Waals surface area contributed by atoms with Crippen LogP contribution in [0.4, 0.5) is 0 Å². The van der Waals surface area contributed by atoms with Gasteiger partial charge in [0.25, 0.3) is 5.91 Å². The maximum absolute atomic E-state index is 13.0. The molecule has 128 valence electrons. The number of hydrogen-bond donors (Lipinski definition) is 0. The van der Waals surface area contributed by atoms with Gasteiger partial charge in [0.15, 0.2) is 5.69 Å². The summed E-state index contributed by atoms with van der Waals surface area (Å²) in [7, 11) is 2.10. The average molecular weight is 320 g/mol. The van der Waals surface area contributed by atoms with Crippen LogP contribution in [0.2, 0.25) is 0 Å². The molecule has 3 rings (SSSR count). The molecule has 2 fully saturated rings. The van der Waals surface area contributed by atoms with E-state index in [0.717, 1.165) is 25.2 Å². The number of piperidine rings is 1. The highest BCUT2D eigenvalue weighted by atomic mass is 16.5. The lowest BCUT2D eigenvalue weighted by Crippen LogP contribution is -2.60. The van der Waals surface area contributed by atoms with Crippen molar-refractivity contribution in [1.29, 1.82) is 0 Å². The van der Waals surface area contributed by atoms with Gasteiger partial charge in [0.1, 0.15) is 0 Å². The number of ether oxygens (including phenoxy) is 1. The number of hydrogen-bond acceptors (Lipinski definition) is 4. The van der Waals surface area contributed by atoms with E-state index in [9.17, 15) is 4.79 Å². The molecule has 3 heterocycles. The molecule has 0 bridgehead atoms. The van der Waals surface area contributed by atoms with Gasteiger partial charge in [0, 0.05) is 25.3 Å². The second-order valence-corrected chi connectivity index (χ2v) is 7.78. The summed E-state index contributed by atoms with van der Waals surface area (Å²) >= 11 is 0. The number of likely N-dealkylation sites (tertiary alicyclic amines) is 1. The fourth-order valence-corrected chi connectivity index (χ4v) is 3.69. The van der Waals surface area contributed by atoms with Gasteiger partial charge in [-0.1, -0.05) is 0 Å². The second-order valence-electron chi connectivity index (χ2n) is 7.78. The van der Waals surface area contributed by atoms with Crippen molar-refractivity contribution < 1.29 is 9.53 Å². The first-order valence-corrected chi connectivity index (χ1v) is 8.45. The van der Waals surface area contributed by atoms with Crippen LogP contribution in [0.1, 0.15) is 43.4 Å². The van der Waals surface area contributed by atoms with Crippen molar-refractivity contribution in [3.05, 3.63) is 17.5 Å². The van der Waals surface area contributed by atoms with E-state index in [1.54, 1.807) is 0 Å². The third-order valence-electron chi connectivity index (χ3n) is 4.79. The number of rotatable bonds is 1. The van der Waals surface area contributed by atoms with Gasteiger partial charge in [-0.2, -0.15) is 5.10 Å². The zero-order valence-corrected chi connectivity index (χ0v) is 14.9.